The lowest BCUT2D eigenvalue weighted by Gasteiger charge is -2.10. The Morgan fingerprint density at radius 3 is 2.52 bits per heavy atom. The van der Waals surface area contributed by atoms with E-state index in [1.54, 1.807) is 25.6 Å². The molecule has 0 spiro atoms. The summed E-state index contributed by atoms with van der Waals surface area (Å²) < 4.78 is 42.8. The van der Waals surface area contributed by atoms with Crippen molar-refractivity contribution in [3.05, 3.63) is 33.8 Å². The van der Waals surface area contributed by atoms with Gasteiger partial charge >= 0.3 is 0 Å². The van der Waals surface area contributed by atoms with Crippen LogP contribution in [0.15, 0.2) is 21.5 Å². The Balaban J connectivity index is 2.51. The summed E-state index contributed by atoms with van der Waals surface area (Å²) in [6.45, 7) is 3.38. The molecule has 0 aliphatic rings. The molecule has 3 N–H and O–H groups in total. The number of hydrogen-bond acceptors (Lipinski definition) is 4. The van der Waals surface area contributed by atoms with Crippen molar-refractivity contribution in [1.29, 1.82) is 0 Å². The van der Waals surface area contributed by atoms with Crippen molar-refractivity contribution in [1.82, 2.24) is 9.78 Å². The fourth-order valence-corrected chi connectivity index (χ4v) is 3.45. The van der Waals surface area contributed by atoms with Gasteiger partial charge < -0.3 is 5.73 Å². The van der Waals surface area contributed by atoms with Crippen LogP contribution in [0.25, 0.3) is 0 Å². The number of hydrogen-bond donors (Lipinski definition) is 2. The van der Waals surface area contributed by atoms with Gasteiger partial charge in [-0.05, 0) is 41.9 Å². The molecule has 2 rings (SSSR count). The zero-order chi connectivity index (χ0) is 15.9. The smallest absolute Gasteiger partial charge is 0.265 e. The van der Waals surface area contributed by atoms with Crippen molar-refractivity contribution in [2.75, 3.05) is 10.5 Å². The summed E-state index contributed by atoms with van der Waals surface area (Å²) in [5.41, 5.74) is 7.22. The highest BCUT2D eigenvalue weighted by Crippen LogP contribution is 2.28. The summed E-state index contributed by atoms with van der Waals surface area (Å²) in [6, 6.07) is 2.09. The summed E-state index contributed by atoms with van der Waals surface area (Å²) in [4.78, 5) is -0.508. The van der Waals surface area contributed by atoms with Gasteiger partial charge in [-0.1, -0.05) is 0 Å². The van der Waals surface area contributed by atoms with Gasteiger partial charge in [-0.3, -0.25) is 9.40 Å². The van der Waals surface area contributed by atoms with Gasteiger partial charge in [0.05, 0.1) is 17.1 Å². The number of halogens is 2. The third-order valence-corrected chi connectivity index (χ3v) is 5.14. The minimum absolute atomic E-state index is 0.136. The monoisotopic (exact) mass is 376 g/mol. The molecule has 114 valence electrons. The lowest BCUT2D eigenvalue weighted by molar-refractivity contribution is 0.570. The van der Waals surface area contributed by atoms with E-state index in [9.17, 15) is 12.8 Å². The molecule has 0 unspecified atom stereocenters. The van der Waals surface area contributed by atoms with Gasteiger partial charge in [0.15, 0.2) is 0 Å². The summed E-state index contributed by atoms with van der Waals surface area (Å²) in [5.74, 6) is -0.886. The highest BCUT2D eigenvalue weighted by Gasteiger charge is 2.23. The van der Waals surface area contributed by atoms with Gasteiger partial charge in [-0.25, -0.2) is 12.8 Å². The Morgan fingerprint density at radius 2 is 2.00 bits per heavy atom. The molecule has 0 bridgehead atoms. The molecule has 21 heavy (non-hydrogen) atoms. The van der Waals surface area contributed by atoms with E-state index in [1.165, 1.54) is 0 Å². The standard InChI is InChI=1S/C12H14BrFN4O2S/c1-6-12(7(2)18(3)16-6)17-21(19,20)11-5-10(15)8(13)4-9(11)14/h4-5,17H,15H2,1-3H3. The van der Waals surface area contributed by atoms with Crippen LogP contribution in [0, 0.1) is 19.7 Å². The molecule has 0 aliphatic carbocycles. The van der Waals surface area contributed by atoms with E-state index in [0.717, 1.165) is 12.1 Å². The van der Waals surface area contributed by atoms with Gasteiger partial charge in [0, 0.05) is 17.2 Å². The number of anilines is 2. The largest absolute Gasteiger partial charge is 0.398 e. The fraction of sp³-hybridized carbons (Fsp3) is 0.250. The number of nitrogen functional groups attached to an aromatic ring is 1. The van der Waals surface area contributed by atoms with E-state index in [-0.39, 0.29) is 5.69 Å². The second-order valence-electron chi connectivity index (χ2n) is 4.58. The maximum atomic E-state index is 13.9. The number of aryl methyl sites for hydroxylation is 2. The van der Waals surface area contributed by atoms with Crippen LogP contribution in [0.2, 0.25) is 0 Å². The average Bonchev–Trinajstić information content (AvgIpc) is 2.60. The molecular formula is C12H14BrFN4O2S. The molecule has 0 aliphatic heterocycles. The Hall–Kier alpha value is -1.61. The van der Waals surface area contributed by atoms with Crippen molar-refractivity contribution < 1.29 is 12.8 Å². The average molecular weight is 377 g/mol. The summed E-state index contributed by atoms with van der Waals surface area (Å²) in [6.07, 6.45) is 0. The molecule has 0 radical (unpaired) electrons. The van der Waals surface area contributed by atoms with Crippen molar-refractivity contribution in [3.8, 4) is 0 Å². The van der Waals surface area contributed by atoms with E-state index < -0.39 is 20.7 Å². The Bertz CT molecular complexity index is 817. The molecule has 0 fully saturated rings. The van der Waals surface area contributed by atoms with Crippen LogP contribution in [-0.4, -0.2) is 18.2 Å². The van der Waals surface area contributed by atoms with E-state index >= 15 is 0 Å². The van der Waals surface area contributed by atoms with Crippen LogP contribution < -0.4 is 10.5 Å². The molecule has 0 saturated heterocycles. The minimum Gasteiger partial charge on any atom is -0.398 e. The summed E-state index contributed by atoms with van der Waals surface area (Å²) in [7, 11) is -2.40. The molecule has 0 atom stereocenters. The quantitative estimate of drug-likeness (QED) is 0.804. The van der Waals surface area contributed by atoms with Gasteiger partial charge in [-0.15, -0.1) is 0 Å². The third kappa shape index (κ3) is 2.88. The third-order valence-electron chi connectivity index (χ3n) is 3.09. The molecule has 6 nitrogen and oxygen atoms in total. The molecule has 0 saturated carbocycles. The van der Waals surface area contributed by atoms with Crippen molar-refractivity contribution >= 4 is 37.3 Å². The zero-order valence-corrected chi connectivity index (χ0v) is 14.0. The number of aromatic nitrogens is 2. The van der Waals surface area contributed by atoms with Crippen LogP contribution in [-0.2, 0) is 17.1 Å². The lowest BCUT2D eigenvalue weighted by atomic mass is 10.3. The topological polar surface area (TPSA) is 90.0 Å². The zero-order valence-electron chi connectivity index (χ0n) is 11.6. The predicted molar refractivity (Wildman–Crippen MR) is 82.0 cm³/mol. The summed E-state index contributed by atoms with van der Waals surface area (Å²) in [5, 5.41) is 4.11. The summed E-state index contributed by atoms with van der Waals surface area (Å²) >= 11 is 3.05. The number of nitrogens with zero attached hydrogens (tertiary/aromatic N) is 2. The molecular weight excluding hydrogens is 363 g/mol. The van der Waals surface area contributed by atoms with Crippen molar-refractivity contribution in [2.24, 2.45) is 7.05 Å². The van der Waals surface area contributed by atoms with Gasteiger partial charge in [0.1, 0.15) is 10.7 Å². The minimum atomic E-state index is -4.09. The fourth-order valence-electron chi connectivity index (χ4n) is 1.86. The number of rotatable bonds is 3. The Labute approximate surface area is 130 Å². The van der Waals surface area contributed by atoms with Gasteiger partial charge in [0.25, 0.3) is 10.0 Å². The molecule has 0 amide bonds. The van der Waals surface area contributed by atoms with Gasteiger partial charge in [0.2, 0.25) is 0 Å². The van der Waals surface area contributed by atoms with Crippen LogP contribution >= 0.6 is 15.9 Å². The second-order valence-corrected chi connectivity index (χ2v) is 7.08. The van der Waals surface area contributed by atoms with Crippen LogP contribution in [0.1, 0.15) is 11.4 Å². The molecule has 1 aromatic heterocycles. The number of nitrogens with two attached hydrogens (primary N) is 1. The second kappa shape index (κ2) is 5.30. The van der Waals surface area contributed by atoms with Crippen molar-refractivity contribution in [3.63, 3.8) is 0 Å². The lowest BCUT2D eigenvalue weighted by Crippen LogP contribution is -2.16. The number of nitrogens with one attached hydrogen (secondary N) is 1. The first-order chi connectivity index (χ1) is 9.63. The SMILES string of the molecule is Cc1nn(C)c(C)c1NS(=O)(=O)c1cc(N)c(Br)cc1F. The van der Waals surface area contributed by atoms with Gasteiger partial charge in [-0.2, -0.15) is 5.10 Å². The highest BCUT2D eigenvalue weighted by molar-refractivity contribution is 9.10. The normalized spacial score (nSPS) is 11.7. The first kappa shape index (κ1) is 15.8. The molecule has 2 aromatic rings. The van der Waals surface area contributed by atoms with Crippen molar-refractivity contribution in [2.45, 2.75) is 18.7 Å². The van der Waals surface area contributed by atoms with Crippen LogP contribution in [0.4, 0.5) is 15.8 Å². The first-order valence-corrected chi connectivity index (χ1v) is 8.18. The van der Waals surface area contributed by atoms with E-state index in [2.05, 4.69) is 25.8 Å². The van der Waals surface area contributed by atoms with E-state index in [4.69, 9.17) is 5.73 Å². The maximum Gasteiger partial charge on any atom is 0.265 e. The predicted octanol–water partition coefficient (Wildman–Crippen LogP) is 2.32. The Morgan fingerprint density at radius 1 is 1.38 bits per heavy atom. The first-order valence-electron chi connectivity index (χ1n) is 5.91. The number of sulfonamides is 1. The Kier molecular flexibility index (Phi) is 3.98. The van der Waals surface area contributed by atoms with Crippen LogP contribution in [0.3, 0.4) is 0 Å². The number of benzene rings is 1. The maximum absolute atomic E-state index is 13.9. The molecule has 1 heterocycles. The molecule has 9 heteroatoms. The van der Waals surface area contributed by atoms with E-state index in [1.807, 2.05) is 0 Å². The molecule has 1 aromatic carbocycles. The highest BCUT2D eigenvalue weighted by atomic mass is 79.9. The van der Waals surface area contributed by atoms with E-state index in [0.29, 0.717) is 21.5 Å². The van der Waals surface area contributed by atoms with Crippen LogP contribution in [0.5, 0.6) is 0 Å².